The van der Waals surface area contributed by atoms with E-state index in [-0.39, 0.29) is 54.7 Å². The molecule has 18 nitrogen and oxygen atoms in total. The molecule has 0 aliphatic carbocycles. The number of carbonyl (C=O) groups excluding carboxylic acids is 2. The van der Waals surface area contributed by atoms with Crippen molar-refractivity contribution in [2.24, 2.45) is 10.4 Å². The number of sulfonamides is 1. The summed E-state index contributed by atoms with van der Waals surface area (Å²) in [6, 6.07) is 6.35. The number of fused-ring (bicyclic) bond motifs is 2. The zero-order valence-electron chi connectivity index (χ0n) is 28.7. The molecule has 278 valence electrons. The molecule has 0 atom stereocenters. The highest BCUT2D eigenvalue weighted by molar-refractivity contribution is 7.90. The Balaban J connectivity index is 0.000000204. The molecule has 0 saturated heterocycles. The smallest absolute Gasteiger partial charge is 0.337 e. The fourth-order valence-electron chi connectivity index (χ4n) is 5.15. The zero-order chi connectivity index (χ0) is 38.5. The first-order valence-electron chi connectivity index (χ1n) is 15.7. The molecule has 6 rings (SSSR count). The predicted octanol–water partition coefficient (Wildman–Crippen LogP) is 2.78. The summed E-state index contributed by atoms with van der Waals surface area (Å²) >= 11 is 1.24. The van der Waals surface area contributed by atoms with Gasteiger partial charge in [0.25, 0.3) is 15.9 Å². The lowest BCUT2D eigenvalue weighted by Gasteiger charge is -2.28. The number of aromatic carboxylic acids is 1. The van der Waals surface area contributed by atoms with Crippen LogP contribution in [0.15, 0.2) is 46.3 Å². The number of hydrogen-bond donors (Lipinski definition) is 4. The molecule has 0 saturated carbocycles. The number of ether oxygens (including phenoxy) is 2. The molecule has 2 aromatic carbocycles. The van der Waals surface area contributed by atoms with Gasteiger partial charge < -0.3 is 24.5 Å². The highest BCUT2D eigenvalue weighted by Gasteiger charge is 2.31. The van der Waals surface area contributed by atoms with E-state index in [9.17, 15) is 27.2 Å². The summed E-state index contributed by atoms with van der Waals surface area (Å²) in [7, 11) is -2.92. The number of rotatable bonds is 9. The molecule has 0 spiro atoms. The van der Waals surface area contributed by atoms with Gasteiger partial charge in [-0.25, -0.2) is 32.1 Å². The van der Waals surface area contributed by atoms with Crippen LogP contribution in [0.5, 0.6) is 11.8 Å². The monoisotopic (exact) mass is 768 g/mol. The Bertz CT molecular complexity index is 2300. The number of anilines is 3. The van der Waals surface area contributed by atoms with Gasteiger partial charge in [-0.1, -0.05) is 31.9 Å². The third kappa shape index (κ3) is 8.85. The average molecular weight is 769 g/mol. The standard InChI is InChI=1S/C18H17FN4O2S.C14H16N6O6S/c1-4-5-22-13-7-12(11(19)6-14(13)25-9-16(22)24)20-17-23-10-18(2,3)8-15(23)21-26-17;1-3-26-14-18-11(15-2)16-12(19-14)17-13(23)20-27(24,25)9-7-5-4-6-8(9)10(21)22/h1,6-7H,5,8-10H2,2-3H3;4-7H,3H2,1-2H3,(H,21,22)(H3,15,16,17,18,19,20,23)/b20-17-;. The van der Waals surface area contributed by atoms with Gasteiger partial charge in [0.2, 0.25) is 16.7 Å². The van der Waals surface area contributed by atoms with Crippen molar-refractivity contribution >= 4 is 62.7 Å². The van der Waals surface area contributed by atoms with Crippen molar-refractivity contribution in [3.63, 3.8) is 0 Å². The minimum absolute atomic E-state index is 0.0776. The third-order valence-corrected chi connectivity index (χ3v) is 9.57. The molecular weight excluding hydrogens is 736 g/mol. The van der Waals surface area contributed by atoms with Crippen LogP contribution in [-0.4, -0.2) is 82.1 Å². The van der Waals surface area contributed by atoms with E-state index in [1.807, 2.05) is 4.57 Å². The fourth-order valence-corrected chi connectivity index (χ4v) is 7.01. The van der Waals surface area contributed by atoms with Crippen LogP contribution in [0.3, 0.4) is 0 Å². The fraction of sp³-hybridized carbons (Fsp3) is 0.312. The topological polar surface area (TPSA) is 232 Å². The molecule has 21 heteroatoms. The largest absolute Gasteiger partial charge is 0.481 e. The summed E-state index contributed by atoms with van der Waals surface area (Å²) in [6.45, 7) is 7.02. The van der Waals surface area contributed by atoms with Gasteiger partial charge in [-0.15, -0.1) is 6.42 Å². The highest BCUT2D eigenvalue weighted by atomic mass is 32.2. The van der Waals surface area contributed by atoms with Crippen LogP contribution >= 0.6 is 11.5 Å². The summed E-state index contributed by atoms with van der Waals surface area (Å²) < 4.78 is 57.8. The quantitative estimate of drug-likeness (QED) is 0.180. The minimum Gasteiger partial charge on any atom is -0.481 e. The van der Waals surface area contributed by atoms with E-state index in [0.29, 0.717) is 16.2 Å². The summed E-state index contributed by atoms with van der Waals surface area (Å²) in [5, 5.41) is 13.9. The van der Waals surface area contributed by atoms with Gasteiger partial charge in [-0.2, -0.15) is 19.3 Å². The molecule has 2 aromatic heterocycles. The van der Waals surface area contributed by atoms with Crippen molar-refractivity contribution in [1.82, 2.24) is 28.6 Å². The van der Waals surface area contributed by atoms with Crippen LogP contribution in [-0.2, 0) is 27.8 Å². The van der Waals surface area contributed by atoms with E-state index in [1.165, 1.54) is 47.7 Å². The number of aromatic nitrogens is 5. The lowest BCUT2D eigenvalue weighted by Crippen LogP contribution is -2.39. The number of amides is 3. The molecule has 4 N–H and O–H groups in total. The molecule has 0 bridgehead atoms. The lowest BCUT2D eigenvalue weighted by atomic mass is 9.92. The second-order valence-electron chi connectivity index (χ2n) is 12.0. The van der Waals surface area contributed by atoms with E-state index in [1.54, 1.807) is 11.6 Å². The van der Waals surface area contributed by atoms with E-state index in [2.05, 4.69) is 54.7 Å². The van der Waals surface area contributed by atoms with Crippen molar-refractivity contribution in [2.45, 2.75) is 38.6 Å². The van der Waals surface area contributed by atoms with Gasteiger partial charge in [-0.3, -0.25) is 15.0 Å². The van der Waals surface area contributed by atoms with E-state index in [0.717, 1.165) is 30.9 Å². The number of benzene rings is 2. The second-order valence-corrected chi connectivity index (χ2v) is 14.4. The van der Waals surface area contributed by atoms with Crippen molar-refractivity contribution in [2.75, 3.05) is 42.3 Å². The summed E-state index contributed by atoms with van der Waals surface area (Å²) in [5.74, 6) is 1.29. The lowest BCUT2D eigenvalue weighted by molar-refractivity contribution is -0.121. The van der Waals surface area contributed by atoms with Gasteiger partial charge in [-0.05, 0) is 30.5 Å². The van der Waals surface area contributed by atoms with Gasteiger partial charge in [0.1, 0.15) is 22.2 Å². The average Bonchev–Trinajstić information content (AvgIpc) is 3.61. The van der Waals surface area contributed by atoms with E-state index < -0.39 is 38.3 Å². The van der Waals surface area contributed by atoms with Crippen LogP contribution in [0.2, 0.25) is 0 Å². The molecule has 2 aliphatic rings. The number of hydrogen-bond acceptors (Lipinski definition) is 14. The van der Waals surface area contributed by atoms with Crippen LogP contribution in [0, 0.1) is 23.6 Å². The molecule has 3 amide bonds. The molecule has 0 radical (unpaired) electrons. The molecule has 4 aromatic rings. The van der Waals surface area contributed by atoms with Crippen LogP contribution in [0.4, 0.5) is 32.5 Å². The number of terminal acetylenes is 1. The van der Waals surface area contributed by atoms with Gasteiger partial charge in [0, 0.05) is 37.6 Å². The predicted molar refractivity (Wildman–Crippen MR) is 189 cm³/mol. The number of carboxylic acid groups (broad SMARTS) is 1. The first-order valence-corrected chi connectivity index (χ1v) is 17.9. The summed E-state index contributed by atoms with van der Waals surface area (Å²) in [4.78, 5) is 52.8. The van der Waals surface area contributed by atoms with Gasteiger partial charge in [0.15, 0.2) is 12.4 Å². The molecular formula is C32H33FN10O8S2. The number of nitrogens with one attached hydrogen (secondary N) is 3. The van der Waals surface area contributed by atoms with Crippen LogP contribution in [0.1, 0.15) is 37.0 Å². The third-order valence-electron chi connectivity index (χ3n) is 7.41. The normalized spacial score (nSPS) is 14.5. The van der Waals surface area contributed by atoms with Crippen molar-refractivity contribution in [1.29, 1.82) is 0 Å². The Morgan fingerprint density at radius 1 is 1.21 bits per heavy atom. The number of urea groups is 1. The SMILES string of the molecule is C#CCN1C(=O)COc2cc(F)c(/N=c3\snc4n3CC(C)(C)C4)cc21.CCOc1nc(NC)nc(NC(=O)NS(=O)(=O)c2ccccc2C(=O)O)n1. The van der Waals surface area contributed by atoms with E-state index in [4.69, 9.17) is 21.0 Å². The zero-order valence-corrected chi connectivity index (χ0v) is 30.3. The Labute approximate surface area is 306 Å². The molecule has 53 heavy (non-hydrogen) atoms. The highest BCUT2D eigenvalue weighted by Crippen LogP contribution is 2.37. The molecule has 0 fully saturated rings. The maximum atomic E-state index is 14.5. The maximum absolute atomic E-state index is 14.5. The maximum Gasteiger partial charge on any atom is 0.337 e. The van der Waals surface area contributed by atoms with Gasteiger partial charge in [0.05, 0.1) is 24.4 Å². The van der Waals surface area contributed by atoms with Crippen molar-refractivity contribution < 1.29 is 41.8 Å². The number of nitrogens with zero attached hydrogens (tertiary/aromatic N) is 7. The van der Waals surface area contributed by atoms with Gasteiger partial charge >= 0.3 is 18.0 Å². The number of carbonyl (C=O) groups is 3. The summed E-state index contributed by atoms with van der Waals surface area (Å²) in [6.07, 6.45) is 6.22. The van der Waals surface area contributed by atoms with Crippen LogP contribution < -0.4 is 34.5 Å². The number of carboxylic acids is 1. The molecule has 0 unspecified atom stereocenters. The first kappa shape index (κ1) is 38.1. The summed E-state index contributed by atoms with van der Waals surface area (Å²) in [5.41, 5.74) is 0.200. The Hall–Kier alpha value is -6.14. The first-order chi connectivity index (χ1) is 25.1. The molecule has 2 aliphatic heterocycles. The minimum atomic E-state index is -4.45. The van der Waals surface area contributed by atoms with E-state index >= 15 is 0 Å². The Kier molecular flexibility index (Phi) is 11.2. The van der Waals surface area contributed by atoms with Crippen molar-refractivity contribution in [3.05, 3.63) is 58.4 Å². The second kappa shape index (κ2) is 15.6. The Morgan fingerprint density at radius 2 is 1.94 bits per heavy atom. The molecule has 4 heterocycles. The van der Waals surface area contributed by atoms with Crippen LogP contribution in [0.25, 0.3) is 0 Å². The number of halogens is 1. The Morgan fingerprint density at radius 3 is 2.64 bits per heavy atom. The van der Waals surface area contributed by atoms with Crippen molar-refractivity contribution in [3.8, 4) is 24.1 Å².